The van der Waals surface area contributed by atoms with Crippen LogP contribution in [0.5, 0.6) is 11.5 Å². The van der Waals surface area contributed by atoms with Gasteiger partial charge >= 0.3 is 0 Å². The fraction of sp³-hybridized carbons (Fsp3) is 0.278. The summed E-state index contributed by atoms with van der Waals surface area (Å²) >= 11 is 7.60. The maximum Gasteiger partial charge on any atom is 0.234 e. The summed E-state index contributed by atoms with van der Waals surface area (Å²) < 4.78 is 10.4. The topological polar surface area (TPSA) is 47.6 Å². The van der Waals surface area contributed by atoms with Crippen molar-refractivity contribution in [3.05, 3.63) is 46.5 Å². The molecule has 2 rings (SSSR count). The Labute approximate surface area is 151 Å². The molecule has 4 nitrogen and oxygen atoms in total. The predicted molar refractivity (Wildman–Crippen MR) is 99.8 cm³/mol. The van der Waals surface area contributed by atoms with E-state index in [-0.39, 0.29) is 5.91 Å². The van der Waals surface area contributed by atoms with E-state index in [1.165, 1.54) is 37.1 Å². The Morgan fingerprint density at radius 3 is 2.42 bits per heavy atom. The second-order valence-electron chi connectivity index (χ2n) is 5.27. The van der Waals surface area contributed by atoms with E-state index in [4.69, 9.17) is 21.1 Å². The van der Waals surface area contributed by atoms with Crippen molar-refractivity contribution in [1.29, 1.82) is 0 Å². The highest BCUT2D eigenvalue weighted by Gasteiger charge is 2.13. The lowest BCUT2D eigenvalue weighted by molar-refractivity contribution is -0.113. The average molecular weight is 366 g/mol. The smallest absolute Gasteiger partial charge is 0.234 e. The molecule has 2 aromatic carbocycles. The third-order valence-corrected chi connectivity index (χ3v) is 4.89. The first-order chi connectivity index (χ1) is 11.4. The van der Waals surface area contributed by atoms with Gasteiger partial charge in [0.05, 0.1) is 30.7 Å². The number of hydrogen-bond donors (Lipinski definition) is 1. The molecular weight excluding hydrogens is 346 g/mol. The van der Waals surface area contributed by atoms with Crippen molar-refractivity contribution < 1.29 is 14.3 Å². The molecule has 0 aromatic heterocycles. The number of nitrogens with one attached hydrogen (secondary N) is 1. The van der Waals surface area contributed by atoms with Crippen molar-refractivity contribution in [2.75, 3.05) is 25.3 Å². The zero-order chi connectivity index (χ0) is 17.7. The van der Waals surface area contributed by atoms with E-state index in [9.17, 15) is 4.79 Å². The van der Waals surface area contributed by atoms with Crippen molar-refractivity contribution in [3.63, 3.8) is 0 Å². The minimum atomic E-state index is -0.127. The van der Waals surface area contributed by atoms with Gasteiger partial charge in [0, 0.05) is 11.0 Å². The first kappa shape index (κ1) is 18.5. The molecule has 0 aliphatic heterocycles. The summed E-state index contributed by atoms with van der Waals surface area (Å²) in [5.74, 6) is 1.17. The number of rotatable bonds is 6. The van der Waals surface area contributed by atoms with Gasteiger partial charge < -0.3 is 14.8 Å². The second-order valence-corrected chi connectivity index (χ2v) is 6.73. The molecule has 1 N–H and O–H groups in total. The Kier molecular flexibility index (Phi) is 6.40. The molecule has 0 fully saturated rings. The van der Waals surface area contributed by atoms with E-state index in [0.717, 1.165) is 4.90 Å². The van der Waals surface area contributed by atoms with Crippen LogP contribution in [0.1, 0.15) is 11.1 Å². The third-order valence-electron chi connectivity index (χ3n) is 3.60. The zero-order valence-electron chi connectivity index (χ0n) is 14.1. The lowest BCUT2D eigenvalue weighted by Crippen LogP contribution is -2.14. The molecule has 0 unspecified atom stereocenters. The number of amides is 1. The molecule has 6 heteroatoms. The number of carbonyl (C=O) groups is 1. The van der Waals surface area contributed by atoms with Crippen LogP contribution < -0.4 is 14.8 Å². The number of carbonyl (C=O) groups excluding carboxylic acids is 1. The summed E-state index contributed by atoms with van der Waals surface area (Å²) in [6.07, 6.45) is 0. The van der Waals surface area contributed by atoms with Gasteiger partial charge in [-0.1, -0.05) is 17.7 Å². The van der Waals surface area contributed by atoms with Crippen LogP contribution in [-0.2, 0) is 4.79 Å². The maximum atomic E-state index is 12.2. The Morgan fingerprint density at radius 1 is 1.08 bits per heavy atom. The van der Waals surface area contributed by atoms with Crippen molar-refractivity contribution in [2.45, 2.75) is 18.7 Å². The Morgan fingerprint density at radius 2 is 1.79 bits per heavy atom. The Hall–Kier alpha value is -1.85. The van der Waals surface area contributed by atoms with Crippen molar-refractivity contribution in [2.24, 2.45) is 0 Å². The minimum absolute atomic E-state index is 0.127. The fourth-order valence-electron chi connectivity index (χ4n) is 2.10. The number of thioether (sulfide) groups is 1. The number of benzene rings is 2. The first-order valence-electron chi connectivity index (χ1n) is 7.36. The summed E-state index contributed by atoms with van der Waals surface area (Å²) in [6, 6.07) is 9.43. The van der Waals surface area contributed by atoms with E-state index in [1.807, 2.05) is 6.07 Å². The van der Waals surface area contributed by atoms with Gasteiger partial charge in [0.25, 0.3) is 0 Å². The van der Waals surface area contributed by atoms with Crippen LogP contribution in [0, 0.1) is 13.8 Å². The number of aryl methyl sites for hydroxylation is 2. The Bertz CT molecular complexity index is 749. The van der Waals surface area contributed by atoms with Crippen LogP contribution in [0.4, 0.5) is 5.69 Å². The number of halogens is 1. The second kappa shape index (κ2) is 8.31. The van der Waals surface area contributed by atoms with Crippen LogP contribution >= 0.6 is 23.4 Å². The molecule has 0 heterocycles. The molecule has 0 radical (unpaired) electrons. The third kappa shape index (κ3) is 4.58. The summed E-state index contributed by atoms with van der Waals surface area (Å²) in [6.45, 7) is 4.12. The monoisotopic (exact) mass is 365 g/mol. The SMILES string of the molecule is COc1cc(OC)c(NC(=O)CSc2ccc(C)c(C)c2)cc1Cl. The van der Waals surface area contributed by atoms with Crippen molar-refractivity contribution in [3.8, 4) is 11.5 Å². The van der Waals surface area contributed by atoms with E-state index in [0.29, 0.717) is 28.0 Å². The Balaban J connectivity index is 2.04. The molecule has 0 bridgehead atoms. The van der Waals surface area contributed by atoms with Crippen LogP contribution in [0.3, 0.4) is 0 Å². The quantitative estimate of drug-likeness (QED) is 0.753. The predicted octanol–water partition coefficient (Wildman–Crippen LogP) is 4.70. The largest absolute Gasteiger partial charge is 0.495 e. The summed E-state index contributed by atoms with van der Waals surface area (Å²) in [5, 5.41) is 3.24. The van der Waals surface area contributed by atoms with Gasteiger partial charge in [-0.2, -0.15) is 0 Å². The van der Waals surface area contributed by atoms with Gasteiger partial charge in [0.1, 0.15) is 11.5 Å². The molecule has 2 aromatic rings. The molecular formula is C18H20ClNO3S. The lowest BCUT2D eigenvalue weighted by atomic mass is 10.1. The van der Waals surface area contributed by atoms with Gasteiger partial charge in [-0.25, -0.2) is 0 Å². The molecule has 0 spiro atoms. The van der Waals surface area contributed by atoms with E-state index in [2.05, 4.69) is 31.3 Å². The fourth-order valence-corrected chi connectivity index (χ4v) is 3.13. The van der Waals surface area contributed by atoms with Gasteiger partial charge in [-0.05, 0) is 43.2 Å². The highest BCUT2D eigenvalue weighted by molar-refractivity contribution is 8.00. The van der Waals surface area contributed by atoms with E-state index in [1.54, 1.807) is 12.1 Å². The van der Waals surface area contributed by atoms with Crippen molar-refractivity contribution in [1.82, 2.24) is 0 Å². The number of methoxy groups -OCH3 is 2. The van der Waals surface area contributed by atoms with Gasteiger partial charge in [-0.15, -0.1) is 11.8 Å². The van der Waals surface area contributed by atoms with Gasteiger partial charge in [-0.3, -0.25) is 4.79 Å². The summed E-state index contributed by atoms with van der Waals surface area (Å²) in [5.41, 5.74) is 2.97. The summed E-state index contributed by atoms with van der Waals surface area (Å²) in [7, 11) is 3.06. The van der Waals surface area contributed by atoms with Crippen LogP contribution in [0.2, 0.25) is 5.02 Å². The molecule has 1 amide bonds. The van der Waals surface area contributed by atoms with Gasteiger partial charge in [0.2, 0.25) is 5.91 Å². The number of hydrogen-bond acceptors (Lipinski definition) is 4. The molecule has 24 heavy (non-hydrogen) atoms. The molecule has 0 aliphatic carbocycles. The zero-order valence-corrected chi connectivity index (χ0v) is 15.7. The highest BCUT2D eigenvalue weighted by atomic mass is 35.5. The van der Waals surface area contributed by atoms with E-state index < -0.39 is 0 Å². The lowest BCUT2D eigenvalue weighted by Gasteiger charge is -2.13. The van der Waals surface area contributed by atoms with Crippen molar-refractivity contribution >= 4 is 35.0 Å². The first-order valence-corrected chi connectivity index (χ1v) is 8.72. The molecule has 0 atom stereocenters. The number of ether oxygens (including phenoxy) is 2. The molecule has 0 saturated carbocycles. The average Bonchev–Trinajstić information content (AvgIpc) is 2.56. The van der Waals surface area contributed by atoms with Crippen LogP contribution in [0.25, 0.3) is 0 Å². The molecule has 0 saturated heterocycles. The van der Waals surface area contributed by atoms with Crippen LogP contribution in [-0.4, -0.2) is 25.9 Å². The van der Waals surface area contributed by atoms with E-state index >= 15 is 0 Å². The summed E-state index contributed by atoms with van der Waals surface area (Å²) in [4.78, 5) is 13.3. The standard InChI is InChI=1S/C18H20ClNO3S/c1-11-5-6-13(7-12(11)2)24-10-18(21)20-15-8-14(19)16(22-3)9-17(15)23-4/h5-9H,10H2,1-4H3,(H,20,21). The number of anilines is 1. The normalized spacial score (nSPS) is 10.4. The highest BCUT2D eigenvalue weighted by Crippen LogP contribution is 2.36. The van der Waals surface area contributed by atoms with Crippen LogP contribution in [0.15, 0.2) is 35.2 Å². The van der Waals surface area contributed by atoms with Gasteiger partial charge in [0.15, 0.2) is 0 Å². The maximum absolute atomic E-state index is 12.2. The molecule has 128 valence electrons. The minimum Gasteiger partial charge on any atom is -0.495 e. The molecule has 0 aliphatic rings.